The Morgan fingerprint density at radius 3 is 2.77 bits per heavy atom. The van der Waals surface area contributed by atoms with Gasteiger partial charge < -0.3 is 15.0 Å². The summed E-state index contributed by atoms with van der Waals surface area (Å²) in [4.78, 5) is 27.6. The van der Waals surface area contributed by atoms with Gasteiger partial charge in [0.25, 0.3) is 0 Å². The van der Waals surface area contributed by atoms with Crippen molar-refractivity contribution in [1.29, 1.82) is 0 Å². The van der Waals surface area contributed by atoms with Crippen molar-refractivity contribution in [1.82, 2.24) is 10.2 Å². The number of hydrogen-bond donors (Lipinski definition) is 1. The van der Waals surface area contributed by atoms with E-state index in [4.69, 9.17) is 4.74 Å². The molecule has 1 saturated carbocycles. The molecule has 2 heterocycles. The quantitative estimate of drug-likeness (QED) is 0.743. The molecule has 1 aromatic rings. The topological polar surface area (TPSA) is 58.6 Å². The van der Waals surface area contributed by atoms with Crippen LogP contribution in [-0.4, -0.2) is 35.1 Å². The molecule has 0 radical (unpaired) electrons. The molecular formula is C25H36N2O3. The second kappa shape index (κ2) is 8.99. The molecule has 30 heavy (non-hydrogen) atoms. The number of aryl methyl sites for hydroxylation is 1. The van der Waals surface area contributed by atoms with Crippen LogP contribution in [0.4, 0.5) is 4.79 Å². The summed E-state index contributed by atoms with van der Waals surface area (Å²) in [5.74, 6) is 1.15. The summed E-state index contributed by atoms with van der Waals surface area (Å²) >= 11 is 0. The molecule has 3 aliphatic rings. The highest BCUT2D eigenvalue weighted by atomic mass is 16.6. The Kier molecular flexibility index (Phi) is 6.35. The van der Waals surface area contributed by atoms with Crippen LogP contribution in [0.25, 0.3) is 0 Å². The van der Waals surface area contributed by atoms with Gasteiger partial charge in [0.2, 0.25) is 5.91 Å². The Morgan fingerprint density at radius 2 is 2.00 bits per heavy atom. The van der Waals surface area contributed by atoms with Crippen LogP contribution in [-0.2, 0) is 16.1 Å². The zero-order valence-corrected chi connectivity index (χ0v) is 18.5. The summed E-state index contributed by atoms with van der Waals surface area (Å²) in [5, 5.41) is 2.94. The number of amides is 2. The Labute approximate surface area is 180 Å². The molecule has 5 nitrogen and oxygen atoms in total. The van der Waals surface area contributed by atoms with Crippen molar-refractivity contribution in [3.8, 4) is 0 Å². The monoisotopic (exact) mass is 412 g/mol. The molecule has 2 saturated heterocycles. The van der Waals surface area contributed by atoms with E-state index in [1.165, 1.54) is 5.56 Å². The lowest BCUT2D eigenvalue weighted by Gasteiger charge is -2.52. The first-order valence-electron chi connectivity index (χ1n) is 11.8. The lowest BCUT2D eigenvalue weighted by Crippen LogP contribution is -2.58. The van der Waals surface area contributed by atoms with Gasteiger partial charge >= 0.3 is 6.09 Å². The van der Waals surface area contributed by atoms with Gasteiger partial charge in [-0.15, -0.1) is 0 Å². The van der Waals surface area contributed by atoms with Crippen LogP contribution in [0.2, 0.25) is 0 Å². The Balaban J connectivity index is 1.44. The van der Waals surface area contributed by atoms with Gasteiger partial charge in [-0.25, -0.2) is 4.79 Å². The fourth-order valence-corrected chi connectivity index (χ4v) is 6.39. The molecule has 0 unspecified atom stereocenters. The predicted molar refractivity (Wildman–Crippen MR) is 117 cm³/mol. The van der Waals surface area contributed by atoms with Crippen LogP contribution < -0.4 is 5.32 Å². The first kappa shape index (κ1) is 21.2. The maximum absolute atomic E-state index is 12.7. The number of nitrogens with one attached hydrogen (secondary N) is 1. The number of alkyl carbamates (subject to hydrolysis) is 1. The number of carbonyl (C=O) groups excluding carboxylic acids is 2. The molecule has 0 bridgehead atoms. The molecule has 1 aromatic carbocycles. The van der Waals surface area contributed by atoms with E-state index < -0.39 is 0 Å². The number of hydrogen-bond acceptors (Lipinski definition) is 3. The minimum Gasteiger partial charge on any atom is -0.446 e. The molecule has 1 spiro atoms. The Hall–Kier alpha value is -2.04. The van der Waals surface area contributed by atoms with Crippen molar-refractivity contribution in [3.63, 3.8) is 0 Å². The molecule has 2 aliphatic heterocycles. The van der Waals surface area contributed by atoms with E-state index in [2.05, 4.69) is 36.2 Å². The van der Waals surface area contributed by atoms with E-state index >= 15 is 0 Å². The smallest absolute Gasteiger partial charge is 0.407 e. The number of nitrogens with zero attached hydrogens (tertiary/aromatic N) is 1. The zero-order valence-electron chi connectivity index (χ0n) is 18.5. The second-order valence-corrected chi connectivity index (χ2v) is 9.53. The average molecular weight is 413 g/mol. The number of rotatable bonds is 5. The van der Waals surface area contributed by atoms with Crippen LogP contribution >= 0.6 is 0 Å². The van der Waals surface area contributed by atoms with Crippen molar-refractivity contribution in [2.75, 3.05) is 6.54 Å². The standard InChI is InChI=1S/C25H36N2O3/c1-3-6-20-21-7-4-8-23(28)27-16-5-14-25(21,27)15-13-22(20)30-24(29)26-17-19-11-9-18(2)10-12-19/h9-12,20-22H,3-8,13-17H2,1-2H3,(H,26,29)/t20-,21+,22+,25-/m1/s1. The summed E-state index contributed by atoms with van der Waals surface area (Å²) in [7, 11) is 0. The van der Waals surface area contributed by atoms with E-state index in [-0.39, 0.29) is 17.7 Å². The number of benzene rings is 1. The van der Waals surface area contributed by atoms with Crippen molar-refractivity contribution in [3.05, 3.63) is 35.4 Å². The number of ether oxygens (including phenoxy) is 1. The van der Waals surface area contributed by atoms with Gasteiger partial charge in [0.1, 0.15) is 6.10 Å². The van der Waals surface area contributed by atoms with E-state index in [9.17, 15) is 9.59 Å². The van der Waals surface area contributed by atoms with Crippen LogP contribution in [0, 0.1) is 18.8 Å². The van der Waals surface area contributed by atoms with Crippen molar-refractivity contribution in [2.45, 2.75) is 89.8 Å². The summed E-state index contributed by atoms with van der Waals surface area (Å²) in [6.07, 6.45) is 8.58. The van der Waals surface area contributed by atoms with Gasteiger partial charge in [-0.05, 0) is 63.4 Å². The van der Waals surface area contributed by atoms with Crippen molar-refractivity contribution >= 4 is 12.0 Å². The van der Waals surface area contributed by atoms with Crippen LogP contribution in [0.15, 0.2) is 24.3 Å². The van der Waals surface area contributed by atoms with E-state index in [1.54, 1.807) is 0 Å². The lowest BCUT2D eigenvalue weighted by atomic mass is 9.62. The minimum absolute atomic E-state index is 0.0195. The fourth-order valence-electron chi connectivity index (χ4n) is 6.39. The van der Waals surface area contributed by atoms with E-state index in [0.29, 0.717) is 30.7 Å². The van der Waals surface area contributed by atoms with Gasteiger partial charge in [0.15, 0.2) is 0 Å². The largest absolute Gasteiger partial charge is 0.446 e. The molecule has 164 valence electrons. The van der Waals surface area contributed by atoms with Gasteiger partial charge in [0, 0.05) is 31.0 Å². The zero-order chi connectivity index (χ0) is 21.1. The van der Waals surface area contributed by atoms with Gasteiger partial charge in [-0.1, -0.05) is 43.2 Å². The highest BCUT2D eigenvalue weighted by Gasteiger charge is 2.56. The highest BCUT2D eigenvalue weighted by molar-refractivity contribution is 5.78. The SMILES string of the molecule is CCC[C@H]1[C@@H](OC(=O)NCc2ccc(C)cc2)CC[C@@]23CCCN2C(=O)CCC[C@@H]13. The average Bonchev–Trinajstić information content (AvgIpc) is 3.10. The minimum atomic E-state index is -0.314. The Morgan fingerprint density at radius 1 is 1.20 bits per heavy atom. The van der Waals surface area contributed by atoms with Gasteiger partial charge in [0.05, 0.1) is 0 Å². The van der Waals surface area contributed by atoms with Gasteiger partial charge in [-0.2, -0.15) is 0 Å². The van der Waals surface area contributed by atoms with Crippen molar-refractivity contribution in [2.24, 2.45) is 11.8 Å². The summed E-state index contributed by atoms with van der Waals surface area (Å²) in [6.45, 7) is 5.67. The lowest BCUT2D eigenvalue weighted by molar-refractivity contribution is -0.141. The highest BCUT2D eigenvalue weighted by Crippen LogP contribution is 2.53. The summed E-state index contributed by atoms with van der Waals surface area (Å²) < 4.78 is 6.01. The molecule has 4 rings (SSSR count). The van der Waals surface area contributed by atoms with Crippen LogP contribution in [0.5, 0.6) is 0 Å². The molecule has 3 fully saturated rings. The summed E-state index contributed by atoms with van der Waals surface area (Å²) in [5.41, 5.74) is 2.31. The molecule has 1 N–H and O–H groups in total. The molecule has 5 heteroatoms. The molecular weight excluding hydrogens is 376 g/mol. The third kappa shape index (κ3) is 4.08. The fraction of sp³-hybridized carbons (Fsp3) is 0.680. The third-order valence-corrected chi connectivity index (χ3v) is 7.72. The normalized spacial score (nSPS) is 30.9. The molecule has 4 atom stereocenters. The maximum atomic E-state index is 12.7. The first-order valence-corrected chi connectivity index (χ1v) is 11.8. The third-order valence-electron chi connectivity index (χ3n) is 7.72. The molecule has 0 aromatic heterocycles. The van der Waals surface area contributed by atoms with Crippen molar-refractivity contribution < 1.29 is 14.3 Å². The van der Waals surface area contributed by atoms with Crippen LogP contribution in [0.1, 0.15) is 75.8 Å². The number of carbonyl (C=O) groups is 2. The molecule has 2 amide bonds. The van der Waals surface area contributed by atoms with Gasteiger partial charge in [-0.3, -0.25) is 4.79 Å². The van der Waals surface area contributed by atoms with E-state index in [1.807, 2.05) is 12.1 Å². The second-order valence-electron chi connectivity index (χ2n) is 9.53. The Bertz CT molecular complexity index is 762. The maximum Gasteiger partial charge on any atom is 0.407 e. The summed E-state index contributed by atoms with van der Waals surface area (Å²) in [6, 6.07) is 8.19. The first-order chi connectivity index (χ1) is 14.5. The molecule has 1 aliphatic carbocycles. The van der Waals surface area contributed by atoms with Crippen LogP contribution in [0.3, 0.4) is 0 Å². The van der Waals surface area contributed by atoms with E-state index in [0.717, 1.165) is 63.5 Å². The predicted octanol–water partition coefficient (Wildman–Crippen LogP) is 4.96.